The van der Waals surface area contributed by atoms with Gasteiger partial charge in [0.15, 0.2) is 0 Å². The van der Waals surface area contributed by atoms with Gasteiger partial charge in [-0.15, -0.1) is 0 Å². The third-order valence-corrected chi connectivity index (χ3v) is 4.73. The third-order valence-electron chi connectivity index (χ3n) is 4.73. The maximum Gasteiger partial charge on any atom is 0.0377 e. The maximum absolute atomic E-state index is 3.48. The summed E-state index contributed by atoms with van der Waals surface area (Å²) in [6.07, 6.45) is 4.27. The Morgan fingerprint density at radius 3 is 2.21 bits per heavy atom. The SMILES string of the molecule is Cc1cc(C)cc([C@@H](C2CCC2)N2CCNCC2)c1. The molecule has 0 unspecified atom stereocenters. The summed E-state index contributed by atoms with van der Waals surface area (Å²) in [5.74, 6) is 0.888. The van der Waals surface area contributed by atoms with E-state index in [4.69, 9.17) is 0 Å². The summed E-state index contributed by atoms with van der Waals surface area (Å²) in [5, 5.41) is 3.48. The predicted molar refractivity (Wildman–Crippen MR) is 80.4 cm³/mol. The second-order valence-corrected chi connectivity index (χ2v) is 6.34. The van der Waals surface area contributed by atoms with Crippen LogP contribution < -0.4 is 5.32 Å². The van der Waals surface area contributed by atoms with E-state index in [1.165, 1.54) is 43.5 Å². The number of nitrogens with one attached hydrogen (secondary N) is 1. The number of rotatable bonds is 3. The van der Waals surface area contributed by atoms with E-state index < -0.39 is 0 Å². The molecule has 0 spiro atoms. The summed E-state index contributed by atoms with van der Waals surface area (Å²) >= 11 is 0. The topological polar surface area (TPSA) is 15.3 Å². The Labute approximate surface area is 117 Å². The molecule has 3 rings (SSSR count). The lowest BCUT2D eigenvalue weighted by Crippen LogP contribution is -2.47. The van der Waals surface area contributed by atoms with Gasteiger partial charge >= 0.3 is 0 Å². The van der Waals surface area contributed by atoms with Crippen molar-refractivity contribution in [2.24, 2.45) is 5.92 Å². The average Bonchev–Trinajstić information content (AvgIpc) is 2.33. The van der Waals surface area contributed by atoms with Crippen LogP contribution in [0, 0.1) is 19.8 Å². The normalized spacial score (nSPS) is 23.1. The second-order valence-electron chi connectivity index (χ2n) is 6.34. The van der Waals surface area contributed by atoms with E-state index in [1.807, 2.05) is 0 Å². The lowest BCUT2D eigenvalue weighted by molar-refractivity contribution is 0.0836. The highest BCUT2D eigenvalue weighted by molar-refractivity contribution is 5.31. The molecule has 1 saturated heterocycles. The number of benzene rings is 1. The summed E-state index contributed by atoms with van der Waals surface area (Å²) < 4.78 is 0. The molecular weight excluding hydrogens is 232 g/mol. The van der Waals surface area contributed by atoms with Crippen molar-refractivity contribution in [1.29, 1.82) is 0 Å². The summed E-state index contributed by atoms with van der Waals surface area (Å²) in [4.78, 5) is 2.72. The fourth-order valence-corrected chi connectivity index (χ4v) is 3.68. The molecule has 2 heteroatoms. The Morgan fingerprint density at radius 2 is 1.68 bits per heavy atom. The van der Waals surface area contributed by atoms with Crippen molar-refractivity contribution in [2.45, 2.75) is 39.2 Å². The molecule has 1 aliphatic carbocycles. The molecule has 1 aliphatic heterocycles. The van der Waals surface area contributed by atoms with Crippen molar-refractivity contribution >= 4 is 0 Å². The molecule has 2 aliphatic rings. The van der Waals surface area contributed by atoms with Crippen molar-refractivity contribution in [1.82, 2.24) is 10.2 Å². The van der Waals surface area contributed by atoms with Gasteiger partial charge in [-0.05, 0) is 38.2 Å². The van der Waals surface area contributed by atoms with Crippen LogP contribution in [0.15, 0.2) is 18.2 Å². The number of nitrogens with zero attached hydrogens (tertiary/aromatic N) is 1. The van der Waals surface area contributed by atoms with E-state index in [0.717, 1.165) is 19.0 Å². The number of piperazine rings is 1. The minimum Gasteiger partial charge on any atom is -0.314 e. The van der Waals surface area contributed by atoms with Gasteiger partial charge in [-0.25, -0.2) is 0 Å². The molecular formula is C17H26N2. The zero-order valence-corrected chi connectivity index (χ0v) is 12.3. The van der Waals surface area contributed by atoms with Crippen LogP contribution in [-0.4, -0.2) is 31.1 Å². The minimum absolute atomic E-state index is 0.662. The van der Waals surface area contributed by atoms with Crippen LogP contribution in [0.2, 0.25) is 0 Å². The van der Waals surface area contributed by atoms with Gasteiger partial charge in [0.1, 0.15) is 0 Å². The van der Waals surface area contributed by atoms with Crippen LogP contribution in [0.3, 0.4) is 0 Å². The maximum atomic E-state index is 3.48. The smallest absolute Gasteiger partial charge is 0.0377 e. The van der Waals surface area contributed by atoms with Gasteiger partial charge < -0.3 is 5.32 Å². The summed E-state index contributed by atoms with van der Waals surface area (Å²) in [5.41, 5.74) is 4.38. The van der Waals surface area contributed by atoms with Crippen LogP contribution in [0.5, 0.6) is 0 Å². The zero-order valence-electron chi connectivity index (χ0n) is 12.3. The van der Waals surface area contributed by atoms with Gasteiger partial charge in [-0.1, -0.05) is 35.7 Å². The lowest BCUT2D eigenvalue weighted by Gasteiger charge is -2.43. The summed E-state index contributed by atoms with van der Waals surface area (Å²) in [6.45, 7) is 9.16. The molecule has 0 radical (unpaired) electrons. The van der Waals surface area contributed by atoms with Gasteiger partial charge in [0.05, 0.1) is 0 Å². The quantitative estimate of drug-likeness (QED) is 0.896. The number of hydrogen-bond acceptors (Lipinski definition) is 2. The van der Waals surface area contributed by atoms with Crippen LogP contribution in [-0.2, 0) is 0 Å². The van der Waals surface area contributed by atoms with Crippen molar-refractivity contribution < 1.29 is 0 Å². The van der Waals surface area contributed by atoms with E-state index in [-0.39, 0.29) is 0 Å². The monoisotopic (exact) mass is 258 g/mol. The van der Waals surface area contributed by atoms with Gasteiger partial charge in [-0.2, -0.15) is 0 Å². The van der Waals surface area contributed by atoms with Crippen LogP contribution in [0.1, 0.15) is 42.0 Å². The first-order valence-corrected chi connectivity index (χ1v) is 7.77. The van der Waals surface area contributed by atoms with Crippen molar-refractivity contribution in [3.8, 4) is 0 Å². The molecule has 1 saturated carbocycles. The van der Waals surface area contributed by atoms with E-state index in [9.17, 15) is 0 Å². The fraction of sp³-hybridized carbons (Fsp3) is 0.647. The van der Waals surface area contributed by atoms with Crippen LogP contribution >= 0.6 is 0 Å². The Balaban J connectivity index is 1.88. The van der Waals surface area contributed by atoms with E-state index in [1.54, 1.807) is 5.56 Å². The average molecular weight is 258 g/mol. The molecule has 0 bridgehead atoms. The second kappa shape index (κ2) is 5.64. The van der Waals surface area contributed by atoms with E-state index in [2.05, 4.69) is 42.3 Å². The number of hydrogen-bond donors (Lipinski definition) is 1. The highest BCUT2D eigenvalue weighted by Crippen LogP contribution is 2.41. The van der Waals surface area contributed by atoms with E-state index >= 15 is 0 Å². The van der Waals surface area contributed by atoms with Crippen molar-refractivity contribution in [2.75, 3.05) is 26.2 Å². The minimum atomic E-state index is 0.662. The first-order valence-electron chi connectivity index (χ1n) is 7.77. The summed E-state index contributed by atoms with van der Waals surface area (Å²) in [7, 11) is 0. The van der Waals surface area contributed by atoms with Gasteiger partial charge in [-0.3, -0.25) is 4.90 Å². The van der Waals surface area contributed by atoms with Gasteiger partial charge in [0.25, 0.3) is 0 Å². The zero-order chi connectivity index (χ0) is 13.2. The highest BCUT2D eigenvalue weighted by atomic mass is 15.2. The molecule has 104 valence electrons. The standard InChI is InChI=1S/C17H26N2/c1-13-10-14(2)12-16(11-13)17(15-4-3-5-15)19-8-6-18-7-9-19/h10-12,15,17-18H,3-9H2,1-2H3/t17-/m1/s1. The Hall–Kier alpha value is -0.860. The first kappa shape index (κ1) is 13.1. The van der Waals surface area contributed by atoms with E-state index in [0.29, 0.717) is 6.04 Å². The molecule has 1 aromatic carbocycles. The Bertz CT molecular complexity index is 411. The van der Waals surface area contributed by atoms with Gasteiger partial charge in [0, 0.05) is 32.2 Å². The lowest BCUT2D eigenvalue weighted by atomic mass is 9.76. The largest absolute Gasteiger partial charge is 0.314 e. The fourth-order valence-electron chi connectivity index (χ4n) is 3.68. The predicted octanol–water partition coefficient (Wildman–Crippen LogP) is 3.05. The molecule has 1 heterocycles. The van der Waals surface area contributed by atoms with Crippen LogP contribution in [0.25, 0.3) is 0 Å². The third kappa shape index (κ3) is 2.85. The number of aryl methyl sites for hydroxylation is 2. The molecule has 19 heavy (non-hydrogen) atoms. The highest BCUT2D eigenvalue weighted by Gasteiger charge is 2.33. The van der Waals surface area contributed by atoms with Crippen LogP contribution in [0.4, 0.5) is 0 Å². The molecule has 1 atom stereocenters. The molecule has 0 amide bonds. The molecule has 2 nitrogen and oxygen atoms in total. The summed E-state index contributed by atoms with van der Waals surface area (Å²) in [6, 6.07) is 7.78. The molecule has 1 aromatic rings. The van der Waals surface area contributed by atoms with Crippen molar-refractivity contribution in [3.05, 3.63) is 34.9 Å². The first-order chi connectivity index (χ1) is 9.24. The molecule has 2 fully saturated rings. The molecule has 1 N–H and O–H groups in total. The van der Waals surface area contributed by atoms with Crippen molar-refractivity contribution in [3.63, 3.8) is 0 Å². The van der Waals surface area contributed by atoms with Gasteiger partial charge in [0.2, 0.25) is 0 Å². The Morgan fingerprint density at radius 1 is 1.05 bits per heavy atom. The Kier molecular flexibility index (Phi) is 3.90. The molecule has 0 aromatic heterocycles.